The Labute approximate surface area is 113 Å². The molecule has 19 heavy (non-hydrogen) atoms. The van der Waals surface area contributed by atoms with E-state index in [1.54, 1.807) is 6.07 Å². The molecule has 0 amide bonds. The van der Waals surface area contributed by atoms with Gasteiger partial charge in [0.2, 0.25) is 0 Å². The average molecular weight is 261 g/mol. The van der Waals surface area contributed by atoms with Crippen molar-refractivity contribution in [1.82, 2.24) is 5.32 Å². The molecule has 0 bridgehead atoms. The van der Waals surface area contributed by atoms with Crippen LogP contribution in [0.5, 0.6) is 5.75 Å². The van der Waals surface area contributed by atoms with Crippen molar-refractivity contribution in [2.24, 2.45) is 0 Å². The molecule has 0 unspecified atom stereocenters. The van der Waals surface area contributed by atoms with Gasteiger partial charge in [-0.2, -0.15) is 0 Å². The van der Waals surface area contributed by atoms with Gasteiger partial charge in [-0.3, -0.25) is 0 Å². The summed E-state index contributed by atoms with van der Waals surface area (Å²) in [5, 5.41) is 12.1. The summed E-state index contributed by atoms with van der Waals surface area (Å²) in [5.74, 6) is 2.35. The molecule has 0 aliphatic rings. The molecule has 1 aromatic heterocycles. The lowest BCUT2D eigenvalue weighted by Crippen LogP contribution is -2.16. The molecule has 0 atom stereocenters. The minimum Gasteiger partial charge on any atom is -0.494 e. The van der Waals surface area contributed by atoms with Crippen molar-refractivity contribution in [3.63, 3.8) is 0 Å². The number of ether oxygens (including phenoxy) is 1. The number of nitrogens with one attached hydrogen (secondary N) is 1. The SMILES string of the molecule is OCc1ccc(CNCCCOc2ccccc2)o1. The van der Waals surface area contributed by atoms with Gasteiger partial charge in [-0.05, 0) is 37.2 Å². The molecule has 0 saturated carbocycles. The second kappa shape index (κ2) is 7.61. The quantitative estimate of drug-likeness (QED) is 0.716. The molecule has 2 aromatic rings. The van der Waals surface area contributed by atoms with Crippen molar-refractivity contribution < 1.29 is 14.3 Å². The summed E-state index contributed by atoms with van der Waals surface area (Å²) >= 11 is 0. The highest BCUT2D eigenvalue weighted by atomic mass is 16.5. The molecule has 4 heteroatoms. The Morgan fingerprint density at radius 2 is 1.84 bits per heavy atom. The van der Waals surface area contributed by atoms with Gasteiger partial charge in [-0.15, -0.1) is 0 Å². The van der Waals surface area contributed by atoms with Crippen molar-refractivity contribution in [2.45, 2.75) is 19.6 Å². The third-order valence-corrected chi connectivity index (χ3v) is 2.68. The van der Waals surface area contributed by atoms with Gasteiger partial charge in [0.25, 0.3) is 0 Å². The lowest BCUT2D eigenvalue weighted by atomic mass is 10.3. The molecule has 1 heterocycles. The minimum absolute atomic E-state index is 0.0507. The highest BCUT2D eigenvalue weighted by molar-refractivity contribution is 5.20. The fourth-order valence-corrected chi connectivity index (χ4v) is 1.72. The van der Waals surface area contributed by atoms with Gasteiger partial charge in [-0.25, -0.2) is 0 Å². The third kappa shape index (κ3) is 4.77. The number of rotatable bonds is 8. The monoisotopic (exact) mass is 261 g/mol. The molecule has 0 radical (unpaired) electrons. The van der Waals surface area contributed by atoms with Crippen molar-refractivity contribution in [3.05, 3.63) is 54.0 Å². The highest BCUT2D eigenvalue weighted by Crippen LogP contribution is 2.08. The molecular weight excluding hydrogens is 242 g/mol. The van der Waals surface area contributed by atoms with E-state index < -0.39 is 0 Å². The van der Waals surface area contributed by atoms with Crippen molar-refractivity contribution in [1.29, 1.82) is 0 Å². The Morgan fingerprint density at radius 3 is 2.58 bits per heavy atom. The fourth-order valence-electron chi connectivity index (χ4n) is 1.72. The fraction of sp³-hybridized carbons (Fsp3) is 0.333. The van der Waals surface area contributed by atoms with Crippen LogP contribution in [0, 0.1) is 0 Å². The van der Waals surface area contributed by atoms with Gasteiger partial charge >= 0.3 is 0 Å². The summed E-state index contributed by atoms with van der Waals surface area (Å²) in [6.45, 7) is 2.18. The van der Waals surface area contributed by atoms with Gasteiger partial charge < -0.3 is 19.6 Å². The molecule has 0 spiro atoms. The van der Waals surface area contributed by atoms with Gasteiger partial charge in [0.15, 0.2) is 0 Å². The second-order valence-corrected chi connectivity index (χ2v) is 4.22. The van der Waals surface area contributed by atoms with Crippen molar-refractivity contribution >= 4 is 0 Å². The first-order valence-electron chi connectivity index (χ1n) is 6.45. The summed E-state index contributed by atoms with van der Waals surface area (Å²) in [7, 11) is 0. The first-order valence-corrected chi connectivity index (χ1v) is 6.45. The molecule has 102 valence electrons. The van der Waals surface area contributed by atoms with Crippen LogP contribution in [0.3, 0.4) is 0 Å². The van der Waals surface area contributed by atoms with E-state index in [2.05, 4.69) is 5.32 Å². The molecular formula is C15H19NO3. The largest absolute Gasteiger partial charge is 0.494 e. The third-order valence-electron chi connectivity index (χ3n) is 2.68. The topological polar surface area (TPSA) is 54.6 Å². The van der Waals surface area contributed by atoms with Gasteiger partial charge in [0.05, 0.1) is 13.2 Å². The second-order valence-electron chi connectivity index (χ2n) is 4.22. The minimum atomic E-state index is -0.0507. The van der Waals surface area contributed by atoms with E-state index in [-0.39, 0.29) is 6.61 Å². The number of benzene rings is 1. The number of para-hydroxylation sites is 1. The average Bonchev–Trinajstić information content (AvgIpc) is 2.92. The molecule has 0 saturated heterocycles. The van der Waals surface area contributed by atoms with E-state index in [1.165, 1.54) is 0 Å². The summed E-state index contributed by atoms with van der Waals surface area (Å²) in [6, 6.07) is 13.5. The smallest absolute Gasteiger partial charge is 0.129 e. The molecule has 2 rings (SSSR count). The lowest BCUT2D eigenvalue weighted by molar-refractivity contribution is 0.242. The molecule has 4 nitrogen and oxygen atoms in total. The molecule has 1 aromatic carbocycles. The number of hydrogen-bond donors (Lipinski definition) is 2. The highest BCUT2D eigenvalue weighted by Gasteiger charge is 2.00. The zero-order valence-electron chi connectivity index (χ0n) is 10.8. The number of furan rings is 1. The summed E-state index contributed by atoms with van der Waals surface area (Å²) in [6.07, 6.45) is 0.933. The normalized spacial score (nSPS) is 10.6. The number of hydrogen-bond acceptors (Lipinski definition) is 4. The van der Waals surface area contributed by atoms with Crippen LogP contribution in [0.1, 0.15) is 17.9 Å². The Bertz CT molecular complexity index is 467. The van der Waals surface area contributed by atoms with E-state index in [0.29, 0.717) is 18.9 Å². The maximum Gasteiger partial charge on any atom is 0.129 e. The van der Waals surface area contributed by atoms with Crippen LogP contribution in [0.15, 0.2) is 46.9 Å². The number of aliphatic hydroxyl groups excluding tert-OH is 1. The van der Waals surface area contributed by atoms with Crippen molar-refractivity contribution in [3.8, 4) is 5.75 Å². The lowest BCUT2D eigenvalue weighted by Gasteiger charge is -2.06. The Kier molecular flexibility index (Phi) is 5.47. The van der Waals surface area contributed by atoms with E-state index in [4.69, 9.17) is 14.3 Å². The standard InChI is InChI=1S/C15H19NO3/c17-12-15-8-7-14(19-15)11-16-9-4-10-18-13-5-2-1-3-6-13/h1-3,5-8,16-17H,4,9-12H2. The summed E-state index contributed by atoms with van der Waals surface area (Å²) in [5.41, 5.74) is 0. The van der Waals surface area contributed by atoms with Crippen LogP contribution >= 0.6 is 0 Å². The van der Waals surface area contributed by atoms with Gasteiger partial charge in [0.1, 0.15) is 23.9 Å². The zero-order valence-corrected chi connectivity index (χ0v) is 10.8. The molecule has 2 N–H and O–H groups in total. The zero-order chi connectivity index (χ0) is 13.3. The van der Waals surface area contributed by atoms with Crippen LogP contribution in [0.2, 0.25) is 0 Å². The van der Waals surface area contributed by atoms with Gasteiger partial charge in [0, 0.05) is 0 Å². The predicted octanol–water partition coefficient (Wildman–Crippen LogP) is 2.33. The molecule has 0 aliphatic heterocycles. The van der Waals surface area contributed by atoms with Crippen LogP contribution in [0.25, 0.3) is 0 Å². The van der Waals surface area contributed by atoms with Gasteiger partial charge in [-0.1, -0.05) is 18.2 Å². The first-order chi connectivity index (χ1) is 9.38. The predicted molar refractivity (Wildman–Crippen MR) is 72.9 cm³/mol. The maximum absolute atomic E-state index is 8.87. The summed E-state index contributed by atoms with van der Waals surface area (Å²) in [4.78, 5) is 0. The molecule has 0 fully saturated rings. The first kappa shape index (κ1) is 13.6. The van der Waals surface area contributed by atoms with Crippen LogP contribution < -0.4 is 10.1 Å². The Hall–Kier alpha value is -1.78. The van der Waals surface area contributed by atoms with E-state index in [1.807, 2.05) is 36.4 Å². The van der Waals surface area contributed by atoms with E-state index in [9.17, 15) is 0 Å². The molecule has 0 aliphatic carbocycles. The Balaban J connectivity index is 1.55. The van der Waals surface area contributed by atoms with Crippen molar-refractivity contribution in [2.75, 3.05) is 13.2 Å². The number of aliphatic hydroxyl groups is 1. The van der Waals surface area contributed by atoms with E-state index in [0.717, 1.165) is 24.5 Å². The van der Waals surface area contributed by atoms with E-state index >= 15 is 0 Å². The Morgan fingerprint density at radius 1 is 1.05 bits per heavy atom. The van der Waals surface area contributed by atoms with Crippen LogP contribution in [0.4, 0.5) is 0 Å². The maximum atomic E-state index is 8.87. The van der Waals surface area contributed by atoms with Crippen LogP contribution in [-0.4, -0.2) is 18.3 Å². The summed E-state index contributed by atoms with van der Waals surface area (Å²) < 4.78 is 10.9. The van der Waals surface area contributed by atoms with Crippen LogP contribution in [-0.2, 0) is 13.2 Å².